The molecule has 0 aliphatic carbocycles. The van der Waals surface area contributed by atoms with E-state index in [0.29, 0.717) is 5.82 Å². The van der Waals surface area contributed by atoms with Gasteiger partial charge in [0.2, 0.25) is 5.91 Å². The van der Waals surface area contributed by atoms with Crippen LogP contribution in [0.25, 0.3) is 0 Å². The van der Waals surface area contributed by atoms with Crippen molar-refractivity contribution >= 4 is 5.91 Å². The first-order chi connectivity index (χ1) is 12.0. The van der Waals surface area contributed by atoms with Crippen molar-refractivity contribution in [3.63, 3.8) is 0 Å². The van der Waals surface area contributed by atoms with E-state index in [9.17, 15) is 9.18 Å². The molecule has 4 nitrogen and oxygen atoms in total. The zero-order valence-electron chi connectivity index (χ0n) is 14.2. The van der Waals surface area contributed by atoms with Gasteiger partial charge in [0.15, 0.2) is 0 Å². The number of aryl methyl sites for hydroxylation is 2. The highest BCUT2D eigenvalue weighted by Gasteiger charge is 2.21. The van der Waals surface area contributed by atoms with E-state index in [-0.39, 0.29) is 18.1 Å². The van der Waals surface area contributed by atoms with Gasteiger partial charge in [0.05, 0.1) is 6.42 Å². The number of aromatic nitrogens is 2. The number of hydrogen-bond acceptors (Lipinski definition) is 2. The molecule has 5 heteroatoms. The molecule has 1 atom stereocenters. The first-order valence-electron chi connectivity index (χ1n) is 8.11. The molecule has 0 aliphatic heterocycles. The molecule has 3 aromatic rings. The predicted molar refractivity (Wildman–Crippen MR) is 94.5 cm³/mol. The molecule has 0 saturated heterocycles. The van der Waals surface area contributed by atoms with Crippen LogP contribution in [0.3, 0.4) is 0 Å². The summed E-state index contributed by atoms with van der Waals surface area (Å²) in [6.45, 7) is 1.98. The van der Waals surface area contributed by atoms with Gasteiger partial charge < -0.3 is 9.88 Å². The minimum Gasteiger partial charge on any atom is -0.342 e. The van der Waals surface area contributed by atoms with E-state index in [1.54, 1.807) is 18.3 Å². The van der Waals surface area contributed by atoms with Crippen LogP contribution in [0, 0.1) is 12.7 Å². The molecule has 0 bridgehead atoms. The second kappa shape index (κ2) is 7.30. The molecule has 1 N–H and O–H groups in total. The van der Waals surface area contributed by atoms with E-state index >= 15 is 0 Å². The first-order valence-corrected chi connectivity index (χ1v) is 8.11. The summed E-state index contributed by atoms with van der Waals surface area (Å²) >= 11 is 0. The number of benzene rings is 2. The van der Waals surface area contributed by atoms with Crippen molar-refractivity contribution in [3.05, 3.63) is 89.3 Å². The number of rotatable bonds is 5. The van der Waals surface area contributed by atoms with E-state index in [1.807, 2.05) is 49.0 Å². The average molecular weight is 337 g/mol. The monoisotopic (exact) mass is 337 g/mol. The fourth-order valence-corrected chi connectivity index (χ4v) is 2.80. The molecule has 2 aromatic carbocycles. The minimum atomic E-state index is -0.433. The first kappa shape index (κ1) is 16.9. The zero-order valence-corrected chi connectivity index (χ0v) is 14.2. The molecular weight excluding hydrogens is 317 g/mol. The third kappa shape index (κ3) is 3.94. The molecule has 0 aliphatic rings. The molecule has 1 heterocycles. The lowest BCUT2D eigenvalue weighted by atomic mass is 10.0. The largest absolute Gasteiger partial charge is 0.342 e. The summed E-state index contributed by atoms with van der Waals surface area (Å²) in [7, 11) is 1.87. The van der Waals surface area contributed by atoms with Crippen molar-refractivity contribution in [2.75, 3.05) is 0 Å². The minimum absolute atomic E-state index is 0.105. The van der Waals surface area contributed by atoms with Crippen LogP contribution < -0.4 is 5.32 Å². The van der Waals surface area contributed by atoms with Crippen molar-refractivity contribution in [3.8, 4) is 0 Å². The molecule has 25 heavy (non-hydrogen) atoms. The normalized spacial score (nSPS) is 12.0. The number of amides is 1. The maximum Gasteiger partial charge on any atom is 0.225 e. The Hall–Kier alpha value is -2.95. The number of nitrogens with zero attached hydrogens (tertiary/aromatic N) is 2. The van der Waals surface area contributed by atoms with Crippen LogP contribution in [0.5, 0.6) is 0 Å². The molecule has 0 radical (unpaired) electrons. The van der Waals surface area contributed by atoms with Gasteiger partial charge in [-0.25, -0.2) is 9.37 Å². The van der Waals surface area contributed by atoms with Crippen LogP contribution in [0.2, 0.25) is 0 Å². The van der Waals surface area contributed by atoms with Crippen molar-refractivity contribution in [2.45, 2.75) is 19.4 Å². The van der Waals surface area contributed by atoms with Gasteiger partial charge >= 0.3 is 0 Å². The van der Waals surface area contributed by atoms with Gasteiger partial charge in [-0.05, 0) is 35.7 Å². The summed E-state index contributed by atoms with van der Waals surface area (Å²) in [6, 6.07) is 13.5. The van der Waals surface area contributed by atoms with Crippen LogP contribution in [0.4, 0.5) is 4.39 Å². The summed E-state index contributed by atoms with van der Waals surface area (Å²) in [6.07, 6.45) is 3.79. The van der Waals surface area contributed by atoms with E-state index in [2.05, 4.69) is 10.3 Å². The summed E-state index contributed by atoms with van der Waals surface area (Å²) < 4.78 is 15.1. The fourth-order valence-electron chi connectivity index (χ4n) is 2.80. The van der Waals surface area contributed by atoms with Gasteiger partial charge in [0, 0.05) is 19.4 Å². The summed E-state index contributed by atoms with van der Waals surface area (Å²) in [4.78, 5) is 16.9. The summed E-state index contributed by atoms with van der Waals surface area (Å²) in [5, 5.41) is 3.03. The standard InChI is InChI=1S/C20H20FN3O/c1-14-5-3-4-6-16(14)13-18(25)23-19(20-22-11-12-24(20)2)15-7-9-17(21)10-8-15/h3-12,19H,13H2,1-2H3,(H,23,25)/t19-/m0/s1. The van der Waals surface area contributed by atoms with Crippen molar-refractivity contribution < 1.29 is 9.18 Å². The predicted octanol–water partition coefficient (Wildman–Crippen LogP) is 3.32. The van der Waals surface area contributed by atoms with E-state index in [1.165, 1.54) is 12.1 Å². The molecule has 0 saturated carbocycles. The highest BCUT2D eigenvalue weighted by atomic mass is 19.1. The van der Waals surface area contributed by atoms with Crippen LogP contribution in [0.15, 0.2) is 60.9 Å². The SMILES string of the molecule is Cc1ccccc1CC(=O)N[C@@H](c1ccc(F)cc1)c1nccn1C. The number of carbonyl (C=O) groups excluding carboxylic acids is 1. The Balaban J connectivity index is 1.85. The Labute approximate surface area is 146 Å². The van der Waals surface area contributed by atoms with Gasteiger partial charge in [0.25, 0.3) is 0 Å². The van der Waals surface area contributed by atoms with Crippen molar-refractivity contribution in [1.82, 2.24) is 14.9 Å². The average Bonchev–Trinajstić information content (AvgIpc) is 3.01. The lowest BCUT2D eigenvalue weighted by Crippen LogP contribution is -2.32. The highest BCUT2D eigenvalue weighted by molar-refractivity contribution is 5.79. The fraction of sp³-hybridized carbons (Fsp3) is 0.200. The summed E-state index contributed by atoms with van der Waals surface area (Å²) in [5.41, 5.74) is 2.85. The second-order valence-electron chi connectivity index (χ2n) is 6.05. The third-order valence-corrected chi connectivity index (χ3v) is 4.24. The molecule has 0 fully saturated rings. The Kier molecular flexibility index (Phi) is 4.93. The van der Waals surface area contributed by atoms with Gasteiger partial charge in [0.1, 0.15) is 17.7 Å². The molecule has 1 amide bonds. The molecule has 0 spiro atoms. The maximum absolute atomic E-state index is 13.3. The number of nitrogens with one attached hydrogen (secondary N) is 1. The van der Waals surface area contributed by atoms with Crippen LogP contribution in [0.1, 0.15) is 28.6 Å². The highest BCUT2D eigenvalue weighted by Crippen LogP contribution is 2.21. The van der Waals surface area contributed by atoms with Crippen molar-refractivity contribution in [1.29, 1.82) is 0 Å². The van der Waals surface area contributed by atoms with Crippen LogP contribution in [-0.2, 0) is 18.3 Å². The maximum atomic E-state index is 13.3. The topological polar surface area (TPSA) is 46.9 Å². The van der Waals surface area contributed by atoms with E-state index in [4.69, 9.17) is 0 Å². The smallest absolute Gasteiger partial charge is 0.225 e. The number of halogens is 1. The number of hydrogen-bond donors (Lipinski definition) is 1. The van der Waals surface area contributed by atoms with Crippen LogP contribution >= 0.6 is 0 Å². The molecular formula is C20H20FN3O. The summed E-state index contributed by atoms with van der Waals surface area (Å²) in [5.74, 6) is 0.282. The Bertz CT molecular complexity index is 871. The molecule has 128 valence electrons. The molecule has 0 unspecified atom stereocenters. The Morgan fingerprint density at radius 2 is 1.92 bits per heavy atom. The van der Waals surface area contributed by atoms with Gasteiger partial charge in [-0.2, -0.15) is 0 Å². The van der Waals surface area contributed by atoms with Gasteiger partial charge in [-0.3, -0.25) is 4.79 Å². The zero-order chi connectivity index (χ0) is 17.8. The second-order valence-corrected chi connectivity index (χ2v) is 6.05. The Morgan fingerprint density at radius 1 is 1.20 bits per heavy atom. The van der Waals surface area contributed by atoms with Gasteiger partial charge in [-0.15, -0.1) is 0 Å². The van der Waals surface area contributed by atoms with Gasteiger partial charge in [-0.1, -0.05) is 36.4 Å². The molecule has 3 rings (SSSR count). The lowest BCUT2D eigenvalue weighted by Gasteiger charge is -2.19. The van der Waals surface area contributed by atoms with Crippen molar-refractivity contribution in [2.24, 2.45) is 7.05 Å². The molecule has 1 aromatic heterocycles. The van der Waals surface area contributed by atoms with E-state index < -0.39 is 6.04 Å². The number of imidazole rings is 1. The quantitative estimate of drug-likeness (QED) is 0.776. The third-order valence-electron chi connectivity index (χ3n) is 4.24. The van der Waals surface area contributed by atoms with E-state index in [0.717, 1.165) is 16.7 Å². The lowest BCUT2D eigenvalue weighted by molar-refractivity contribution is -0.121. The Morgan fingerprint density at radius 3 is 2.56 bits per heavy atom. The van der Waals surface area contributed by atoms with Crippen LogP contribution in [-0.4, -0.2) is 15.5 Å². The number of carbonyl (C=O) groups is 1.